The number of nitrogens with zero attached hydrogens (tertiary/aromatic N) is 3. The van der Waals surface area contributed by atoms with Gasteiger partial charge in [-0.3, -0.25) is 9.48 Å². The van der Waals surface area contributed by atoms with Gasteiger partial charge in [0.1, 0.15) is 0 Å². The van der Waals surface area contributed by atoms with Gasteiger partial charge in [0.25, 0.3) is 5.91 Å². The van der Waals surface area contributed by atoms with E-state index in [-0.39, 0.29) is 18.0 Å². The Kier molecular flexibility index (Phi) is 6.35. The molecule has 2 amide bonds. The van der Waals surface area contributed by atoms with Gasteiger partial charge >= 0.3 is 6.09 Å². The standard InChI is InChI=1S/C23H30N4O3/c1-2-30-23(29)26-14-12-18(13-15-26)24-22(28)21-19-10-6-7-11-20(19)27(25-21)16-17-8-4-3-5-9-17/h3-5,8-9,18H,2,6-7,10-16H2,1H3,(H,24,28). The lowest BCUT2D eigenvalue weighted by Gasteiger charge is -2.31. The maximum atomic E-state index is 13.1. The molecule has 0 radical (unpaired) electrons. The summed E-state index contributed by atoms with van der Waals surface area (Å²) in [5.74, 6) is -0.0884. The lowest BCUT2D eigenvalue weighted by atomic mass is 9.95. The number of carbonyl (C=O) groups excluding carboxylic acids is 2. The van der Waals surface area contributed by atoms with Gasteiger partial charge in [-0.15, -0.1) is 0 Å². The van der Waals surface area contributed by atoms with Crippen molar-refractivity contribution >= 4 is 12.0 Å². The van der Waals surface area contributed by atoms with Crippen LogP contribution in [0.5, 0.6) is 0 Å². The van der Waals surface area contributed by atoms with E-state index in [9.17, 15) is 9.59 Å². The largest absolute Gasteiger partial charge is 0.450 e. The smallest absolute Gasteiger partial charge is 0.409 e. The van der Waals surface area contributed by atoms with E-state index in [0.717, 1.165) is 44.1 Å². The average molecular weight is 411 g/mol. The van der Waals surface area contributed by atoms with Crippen molar-refractivity contribution in [3.63, 3.8) is 0 Å². The van der Waals surface area contributed by atoms with Crippen molar-refractivity contribution in [1.82, 2.24) is 20.0 Å². The molecule has 1 aromatic carbocycles. The molecule has 0 spiro atoms. The minimum absolute atomic E-state index is 0.0571. The lowest BCUT2D eigenvalue weighted by Crippen LogP contribution is -2.46. The van der Waals surface area contributed by atoms with E-state index in [4.69, 9.17) is 9.84 Å². The van der Waals surface area contributed by atoms with Gasteiger partial charge in [0, 0.05) is 30.4 Å². The van der Waals surface area contributed by atoms with Crippen molar-refractivity contribution in [2.75, 3.05) is 19.7 Å². The molecular weight excluding hydrogens is 380 g/mol. The summed E-state index contributed by atoms with van der Waals surface area (Å²) in [5.41, 5.74) is 4.08. The monoisotopic (exact) mass is 410 g/mol. The summed E-state index contributed by atoms with van der Waals surface area (Å²) in [7, 11) is 0. The van der Waals surface area contributed by atoms with E-state index in [2.05, 4.69) is 17.4 Å². The van der Waals surface area contributed by atoms with Gasteiger partial charge in [0.05, 0.1) is 13.2 Å². The Morgan fingerprint density at radius 1 is 1.13 bits per heavy atom. The molecule has 1 aliphatic heterocycles. The Morgan fingerprint density at radius 2 is 1.87 bits per heavy atom. The summed E-state index contributed by atoms with van der Waals surface area (Å²) >= 11 is 0. The number of hydrogen-bond acceptors (Lipinski definition) is 4. The fraction of sp³-hybridized carbons (Fsp3) is 0.522. The number of piperidine rings is 1. The zero-order valence-electron chi connectivity index (χ0n) is 17.6. The van der Waals surface area contributed by atoms with Gasteiger partial charge in [-0.05, 0) is 51.0 Å². The minimum atomic E-state index is -0.268. The summed E-state index contributed by atoms with van der Waals surface area (Å²) < 4.78 is 7.08. The summed E-state index contributed by atoms with van der Waals surface area (Å²) in [6.45, 7) is 4.08. The zero-order chi connectivity index (χ0) is 20.9. The predicted molar refractivity (Wildman–Crippen MR) is 113 cm³/mol. The third-order valence-electron chi connectivity index (χ3n) is 6.00. The van der Waals surface area contributed by atoms with Crippen molar-refractivity contribution in [3.8, 4) is 0 Å². The van der Waals surface area contributed by atoms with Gasteiger partial charge in [0.15, 0.2) is 5.69 Å². The third-order valence-corrected chi connectivity index (χ3v) is 6.00. The van der Waals surface area contributed by atoms with Gasteiger partial charge in [-0.25, -0.2) is 4.79 Å². The lowest BCUT2D eigenvalue weighted by molar-refractivity contribution is 0.0855. The van der Waals surface area contributed by atoms with E-state index < -0.39 is 0 Å². The van der Waals surface area contributed by atoms with Crippen LogP contribution in [0.3, 0.4) is 0 Å². The van der Waals surface area contributed by atoms with E-state index >= 15 is 0 Å². The molecule has 2 heterocycles. The Labute approximate surface area is 177 Å². The SMILES string of the molecule is CCOC(=O)N1CCC(NC(=O)c2nn(Cc3ccccc3)c3c2CCCC3)CC1. The Hall–Kier alpha value is -2.83. The Bertz CT molecular complexity index is 885. The van der Waals surface area contributed by atoms with Crippen molar-refractivity contribution in [2.45, 2.75) is 58.0 Å². The second kappa shape index (κ2) is 9.32. The van der Waals surface area contributed by atoms with Crippen molar-refractivity contribution in [3.05, 3.63) is 52.8 Å². The number of ether oxygens (including phenoxy) is 1. The zero-order valence-corrected chi connectivity index (χ0v) is 17.6. The molecule has 0 saturated carbocycles. The molecule has 1 saturated heterocycles. The number of carbonyl (C=O) groups is 2. The van der Waals surface area contributed by atoms with Crippen molar-refractivity contribution < 1.29 is 14.3 Å². The van der Waals surface area contributed by atoms with Crippen LogP contribution in [0.1, 0.15) is 59.9 Å². The van der Waals surface area contributed by atoms with Crippen LogP contribution in [0.15, 0.2) is 30.3 Å². The predicted octanol–water partition coefficient (Wildman–Crippen LogP) is 3.16. The van der Waals surface area contributed by atoms with Gasteiger partial charge < -0.3 is 15.0 Å². The van der Waals surface area contributed by atoms with Crippen molar-refractivity contribution in [1.29, 1.82) is 0 Å². The number of benzene rings is 1. The topological polar surface area (TPSA) is 76.5 Å². The minimum Gasteiger partial charge on any atom is -0.450 e. The summed E-state index contributed by atoms with van der Waals surface area (Å²) in [5, 5.41) is 7.90. The van der Waals surface area contributed by atoms with Crippen LogP contribution >= 0.6 is 0 Å². The Morgan fingerprint density at radius 3 is 2.60 bits per heavy atom. The number of amides is 2. The highest BCUT2D eigenvalue weighted by atomic mass is 16.6. The molecule has 4 rings (SSSR count). The molecule has 1 aliphatic carbocycles. The molecule has 1 aromatic heterocycles. The van der Waals surface area contributed by atoms with E-state index in [1.165, 1.54) is 11.3 Å². The fourth-order valence-electron chi connectivity index (χ4n) is 4.42. The number of rotatable bonds is 5. The third kappa shape index (κ3) is 4.50. The van der Waals surface area contributed by atoms with Crippen LogP contribution in [0.2, 0.25) is 0 Å². The molecule has 2 aromatic rings. The molecule has 0 bridgehead atoms. The van der Waals surface area contributed by atoms with Crippen LogP contribution in [0, 0.1) is 0 Å². The molecule has 0 unspecified atom stereocenters. The van der Waals surface area contributed by atoms with Crippen LogP contribution in [0.4, 0.5) is 4.79 Å². The van der Waals surface area contributed by atoms with E-state index in [1.807, 2.05) is 29.8 Å². The first-order valence-corrected chi connectivity index (χ1v) is 11.0. The molecule has 160 valence electrons. The van der Waals surface area contributed by atoms with Gasteiger partial charge in [0.2, 0.25) is 0 Å². The van der Waals surface area contributed by atoms with Gasteiger partial charge in [-0.1, -0.05) is 30.3 Å². The Balaban J connectivity index is 1.43. The quantitative estimate of drug-likeness (QED) is 0.822. The summed E-state index contributed by atoms with van der Waals surface area (Å²) in [6.07, 6.45) is 5.32. The molecule has 2 aliphatic rings. The highest BCUT2D eigenvalue weighted by Gasteiger charge is 2.29. The first kappa shape index (κ1) is 20.4. The average Bonchev–Trinajstić information content (AvgIpc) is 3.14. The normalized spacial score (nSPS) is 16.8. The highest BCUT2D eigenvalue weighted by molar-refractivity contribution is 5.94. The number of fused-ring (bicyclic) bond motifs is 1. The van der Waals surface area contributed by atoms with Crippen LogP contribution in [-0.2, 0) is 24.1 Å². The number of hydrogen-bond donors (Lipinski definition) is 1. The maximum absolute atomic E-state index is 13.1. The molecule has 0 atom stereocenters. The number of nitrogens with one attached hydrogen (secondary N) is 1. The van der Waals surface area contributed by atoms with E-state index in [0.29, 0.717) is 31.9 Å². The second-order valence-electron chi connectivity index (χ2n) is 8.06. The van der Waals surface area contributed by atoms with Gasteiger partial charge in [-0.2, -0.15) is 5.10 Å². The molecule has 7 nitrogen and oxygen atoms in total. The van der Waals surface area contributed by atoms with Crippen LogP contribution in [0.25, 0.3) is 0 Å². The summed E-state index contributed by atoms with van der Waals surface area (Å²) in [6, 6.07) is 10.3. The summed E-state index contributed by atoms with van der Waals surface area (Å²) in [4.78, 5) is 26.7. The number of likely N-dealkylation sites (tertiary alicyclic amines) is 1. The number of aromatic nitrogens is 2. The second-order valence-corrected chi connectivity index (χ2v) is 8.06. The van der Waals surface area contributed by atoms with Crippen LogP contribution in [-0.4, -0.2) is 52.4 Å². The maximum Gasteiger partial charge on any atom is 0.409 e. The van der Waals surface area contributed by atoms with E-state index in [1.54, 1.807) is 4.90 Å². The first-order valence-electron chi connectivity index (χ1n) is 11.0. The highest BCUT2D eigenvalue weighted by Crippen LogP contribution is 2.25. The first-order chi connectivity index (χ1) is 14.7. The molecule has 1 N–H and O–H groups in total. The molecular formula is C23H30N4O3. The molecule has 1 fully saturated rings. The van der Waals surface area contributed by atoms with Crippen molar-refractivity contribution in [2.24, 2.45) is 0 Å². The molecule has 7 heteroatoms. The van der Waals surface area contributed by atoms with Crippen LogP contribution < -0.4 is 5.32 Å². The fourth-order valence-corrected chi connectivity index (χ4v) is 4.42. The molecule has 30 heavy (non-hydrogen) atoms.